The Kier molecular flexibility index (Phi) is 4.04. The second-order valence-electron chi connectivity index (χ2n) is 8.34. The van der Waals surface area contributed by atoms with Crippen LogP contribution in [0.4, 0.5) is 8.78 Å². The SMILES string of the molecule is CCOCCC12COC3(c4cc(F)cc(Oc5cccc(F)c5)c4)CCC13C2. The molecule has 0 bridgehead atoms. The van der Waals surface area contributed by atoms with Gasteiger partial charge in [0.1, 0.15) is 23.1 Å². The minimum atomic E-state index is -0.429. The lowest BCUT2D eigenvalue weighted by atomic mass is 9.60. The average molecular weight is 386 g/mol. The molecule has 28 heavy (non-hydrogen) atoms. The van der Waals surface area contributed by atoms with E-state index in [4.69, 9.17) is 14.2 Å². The molecule has 148 valence electrons. The van der Waals surface area contributed by atoms with Crippen LogP contribution in [0.5, 0.6) is 11.5 Å². The van der Waals surface area contributed by atoms with Crippen molar-refractivity contribution >= 4 is 0 Å². The molecule has 1 aliphatic heterocycles. The van der Waals surface area contributed by atoms with Crippen molar-refractivity contribution in [2.45, 2.75) is 38.2 Å². The van der Waals surface area contributed by atoms with Crippen LogP contribution in [0.3, 0.4) is 0 Å². The van der Waals surface area contributed by atoms with Gasteiger partial charge in [-0.3, -0.25) is 0 Å². The van der Waals surface area contributed by atoms with Gasteiger partial charge in [0.25, 0.3) is 0 Å². The molecule has 2 aromatic carbocycles. The fourth-order valence-corrected chi connectivity index (χ4v) is 5.61. The highest BCUT2D eigenvalue weighted by Crippen LogP contribution is 2.86. The van der Waals surface area contributed by atoms with Gasteiger partial charge in [0.15, 0.2) is 0 Å². The van der Waals surface area contributed by atoms with Crippen molar-refractivity contribution in [1.29, 1.82) is 0 Å². The first-order chi connectivity index (χ1) is 13.5. The van der Waals surface area contributed by atoms with Crippen LogP contribution in [0.15, 0.2) is 42.5 Å². The van der Waals surface area contributed by atoms with Crippen LogP contribution >= 0.6 is 0 Å². The first-order valence-corrected chi connectivity index (χ1v) is 9.99. The van der Waals surface area contributed by atoms with Crippen LogP contribution in [0, 0.1) is 22.5 Å². The summed E-state index contributed by atoms with van der Waals surface area (Å²) in [5.41, 5.74) is 0.666. The summed E-state index contributed by atoms with van der Waals surface area (Å²) in [6, 6.07) is 10.6. The van der Waals surface area contributed by atoms with Crippen LogP contribution in [0.25, 0.3) is 0 Å². The number of benzene rings is 2. The van der Waals surface area contributed by atoms with Crippen LogP contribution in [-0.4, -0.2) is 19.8 Å². The molecule has 5 heteroatoms. The van der Waals surface area contributed by atoms with Gasteiger partial charge in [-0.2, -0.15) is 0 Å². The molecule has 0 aromatic heterocycles. The van der Waals surface area contributed by atoms with Gasteiger partial charge < -0.3 is 14.2 Å². The van der Waals surface area contributed by atoms with Gasteiger partial charge >= 0.3 is 0 Å². The molecule has 2 saturated carbocycles. The molecule has 3 unspecified atom stereocenters. The van der Waals surface area contributed by atoms with Crippen molar-refractivity contribution in [3.8, 4) is 11.5 Å². The molecular weight excluding hydrogens is 362 g/mol. The quantitative estimate of drug-likeness (QED) is 0.582. The zero-order valence-electron chi connectivity index (χ0n) is 16.0. The monoisotopic (exact) mass is 386 g/mol. The third-order valence-corrected chi connectivity index (χ3v) is 7.10. The summed E-state index contributed by atoms with van der Waals surface area (Å²) in [5.74, 6) is -0.0338. The molecule has 1 heterocycles. The molecule has 0 N–H and O–H groups in total. The van der Waals surface area contributed by atoms with Crippen molar-refractivity contribution in [2.75, 3.05) is 19.8 Å². The summed E-state index contributed by atoms with van der Waals surface area (Å²) in [5, 5.41) is 0. The maximum absolute atomic E-state index is 14.4. The summed E-state index contributed by atoms with van der Waals surface area (Å²) in [7, 11) is 0. The third kappa shape index (κ3) is 2.45. The summed E-state index contributed by atoms with van der Waals surface area (Å²) in [6.45, 7) is 4.18. The molecule has 0 radical (unpaired) electrons. The smallest absolute Gasteiger partial charge is 0.130 e. The molecule has 1 saturated heterocycles. The van der Waals surface area contributed by atoms with Crippen molar-refractivity contribution in [3.05, 3.63) is 59.7 Å². The summed E-state index contributed by atoms with van der Waals surface area (Å²) >= 11 is 0. The van der Waals surface area contributed by atoms with Crippen molar-refractivity contribution in [3.63, 3.8) is 0 Å². The second-order valence-corrected chi connectivity index (χ2v) is 8.34. The molecule has 2 aliphatic carbocycles. The van der Waals surface area contributed by atoms with E-state index in [9.17, 15) is 8.78 Å². The lowest BCUT2D eigenvalue weighted by molar-refractivity contribution is -0.125. The third-order valence-electron chi connectivity index (χ3n) is 7.10. The Hall–Kier alpha value is -1.98. The van der Waals surface area contributed by atoms with E-state index in [1.165, 1.54) is 18.2 Å². The number of hydrogen-bond donors (Lipinski definition) is 0. The van der Waals surface area contributed by atoms with Crippen LogP contribution < -0.4 is 4.74 Å². The molecule has 3 nitrogen and oxygen atoms in total. The molecule has 3 aliphatic rings. The Morgan fingerprint density at radius 3 is 2.64 bits per heavy atom. The minimum Gasteiger partial charge on any atom is -0.457 e. The van der Waals surface area contributed by atoms with E-state index in [1.807, 2.05) is 13.0 Å². The van der Waals surface area contributed by atoms with Gasteiger partial charge in [-0.25, -0.2) is 8.78 Å². The van der Waals surface area contributed by atoms with Gasteiger partial charge in [-0.1, -0.05) is 6.07 Å². The largest absolute Gasteiger partial charge is 0.457 e. The number of rotatable bonds is 7. The van der Waals surface area contributed by atoms with Crippen molar-refractivity contribution in [2.24, 2.45) is 10.8 Å². The summed E-state index contributed by atoms with van der Waals surface area (Å²) in [6.07, 6.45) is 4.11. The Morgan fingerprint density at radius 2 is 1.89 bits per heavy atom. The predicted octanol–water partition coefficient (Wildman–Crippen LogP) is 5.58. The Bertz CT molecular complexity index is 912. The topological polar surface area (TPSA) is 27.7 Å². The van der Waals surface area contributed by atoms with E-state index >= 15 is 0 Å². The fourth-order valence-electron chi connectivity index (χ4n) is 5.61. The average Bonchev–Trinajstić information content (AvgIpc) is 3.28. The first-order valence-electron chi connectivity index (χ1n) is 9.99. The van der Waals surface area contributed by atoms with Crippen LogP contribution in [-0.2, 0) is 15.1 Å². The van der Waals surface area contributed by atoms with Crippen molar-refractivity contribution in [1.82, 2.24) is 0 Å². The van der Waals surface area contributed by atoms with E-state index in [0.717, 1.165) is 44.5 Å². The van der Waals surface area contributed by atoms with E-state index in [1.54, 1.807) is 18.2 Å². The maximum Gasteiger partial charge on any atom is 0.130 e. The number of halogens is 2. The Balaban J connectivity index is 1.42. The fraction of sp³-hybridized carbons (Fsp3) is 0.478. The predicted molar refractivity (Wildman–Crippen MR) is 100 cm³/mol. The van der Waals surface area contributed by atoms with E-state index in [2.05, 4.69) is 0 Å². The summed E-state index contributed by atoms with van der Waals surface area (Å²) < 4.78 is 45.5. The van der Waals surface area contributed by atoms with E-state index in [0.29, 0.717) is 18.1 Å². The molecule has 3 atom stereocenters. The lowest BCUT2D eigenvalue weighted by Gasteiger charge is -2.48. The van der Waals surface area contributed by atoms with Gasteiger partial charge in [0.05, 0.1) is 12.2 Å². The number of hydrogen-bond acceptors (Lipinski definition) is 3. The second kappa shape index (κ2) is 6.26. The molecule has 3 fully saturated rings. The normalized spacial score (nSPS) is 32.4. The molecule has 1 spiro atoms. The van der Waals surface area contributed by atoms with E-state index < -0.39 is 5.60 Å². The molecular formula is C23H24F2O3. The van der Waals surface area contributed by atoms with Gasteiger partial charge in [-0.05, 0) is 62.4 Å². The highest BCUT2D eigenvalue weighted by atomic mass is 19.1. The van der Waals surface area contributed by atoms with Crippen LogP contribution in [0.1, 0.15) is 38.2 Å². The first kappa shape index (κ1) is 18.1. The Morgan fingerprint density at radius 1 is 1.04 bits per heavy atom. The van der Waals surface area contributed by atoms with E-state index in [-0.39, 0.29) is 22.5 Å². The van der Waals surface area contributed by atoms with Crippen LogP contribution in [0.2, 0.25) is 0 Å². The summed E-state index contributed by atoms with van der Waals surface area (Å²) in [4.78, 5) is 0. The van der Waals surface area contributed by atoms with Gasteiger partial charge in [0.2, 0.25) is 0 Å². The van der Waals surface area contributed by atoms with Gasteiger partial charge in [0, 0.05) is 36.2 Å². The number of ether oxygens (including phenoxy) is 3. The minimum absolute atomic E-state index is 0.0982. The lowest BCUT2D eigenvalue weighted by Crippen LogP contribution is -2.46. The highest BCUT2D eigenvalue weighted by Gasteiger charge is 2.84. The molecule has 2 aromatic rings. The zero-order chi connectivity index (χ0) is 19.4. The molecule has 5 rings (SSSR count). The standard InChI is InChI=1S/C23H24F2O3/c1-2-26-9-8-21-14-22(21)6-7-23(22,27-15-21)16-10-18(25)13-20(11-16)28-19-5-3-4-17(24)12-19/h3-5,10-13H,2,6-9,14-15H2,1H3. The van der Waals surface area contributed by atoms with Gasteiger partial charge in [-0.15, -0.1) is 0 Å². The zero-order valence-corrected chi connectivity index (χ0v) is 16.0. The Labute approximate surface area is 163 Å². The maximum atomic E-state index is 14.4. The van der Waals surface area contributed by atoms with Crippen molar-refractivity contribution < 1.29 is 23.0 Å². The molecule has 0 amide bonds. The highest BCUT2D eigenvalue weighted by molar-refractivity contribution is 5.45.